The van der Waals surface area contributed by atoms with Gasteiger partial charge in [-0.1, -0.05) is 28.1 Å². The van der Waals surface area contributed by atoms with Crippen molar-refractivity contribution in [1.29, 1.82) is 0 Å². The number of halogens is 1. The molecule has 8 heteroatoms. The van der Waals surface area contributed by atoms with Crippen molar-refractivity contribution in [3.8, 4) is 11.8 Å². The van der Waals surface area contributed by atoms with E-state index in [9.17, 15) is 9.59 Å². The molecule has 2 aromatic heterocycles. The number of aromatic amines is 3. The summed E-state index contributed by atoms with van der Waals surface area (Å²) in [6.07, 6.45) is 0. The normalized spacial score (nSPS) is 15.7. The zero-order valence-corrected chi connectivity index (χ0v) is 13.5. The number of ether oxygens (including phenoxy) is 1. The third-order valence-electron chi connectivity index (χ3n) is 3.86. The molecule has 0 radical (unpaired) electrons. The van der Waals surface area contributed by atoms with Crippen molar-refractivity contribution >= 4 is 15.9 Å². The first kappa shape index (κ1) is 14.0. The molecule has 1 unspecified atom stereocenters. The van der Waals surface area contributed by atoms with Crippen LogP contribution in [-0.2, 0) is 0 Å². The highest BCUT2D eigenvalue weighted by Crippen LogP contribution is 2.45. The fraction of sp³-hybridized carbons (Fsp3) is 0.133. The first-order valence-electron chi connectivity index (χ1n) is 6.89. The van der Waals surface area contributed by atoms with Crippen molar-refractivity contribution in [2.45, 2.75) is 12.8 Å². The van der Waals surface area contributed by atoms with Gasteiger partial charge in [-0.25, -0.2) is 4.79 Å². The molecule has 1 aliphatic rings. The van der Waals surface area contributed by atoms with E-state index in [1.807, 2.05) is 31.2 Å². The molecule has 0 saturated carbocycles. The van der Waals surface area contributed by atoms with Crippen LogP contribution in [0.3, 0.4) is 0 Å². The van der Waals surface area contributed by atoms with E-state index in [0.29, 0.717) is 11.4 Å². The van der Waals surface area contributed by atoms with Crippen molar-refractivity contribution in [3.05, 3.63) is 72.0 Å². The number of H-pyrrole nitrogens is 3. The maximum Gasteiger partial charge on any atom is 0.328 e. The number of aryl methyl sites for hydroxylation is 1. The maximum atomic E-state index is 12.4. The van der Waals surface area contributed by atoms with Gasteiger partial charge in [0, 0.05) is 15.7 Å². The van der Waals surface area contributed by atoms with E-state index in [1.54, 1.807) is 0 Å². The molecule has 3 aromatic rings. The Bertz CT molecular complexity index is 1030. The molecule has 3 heterocycles. The molecule has 0 saturated heterocycles. The number of nitrogens with one attached hydrogen (secondary N) is 3. The lowest BCUT2D eigenvalue weighted by atomic mass is 9.85. The largest absolute Gasteiger partial charge is 0.420 e. The average molecular weight is 375 g/mol. The minimum absolute atomic E-state index is 0.128. The lowest BCUT2D eigenvalue weighted by Crippen LogP contribution is -2.30. The maximum absolute atomic E-state index is 12.4. The topological polar surface area (TPSA) is 104 Å². The van der Waals surface area contributed by atoms with Crippen LogP contribution in [0, 0.1) is 6.92 Å². The van der Waals surface area contributed by atoms with Crippen molar-refractivity contribution in [2.24, 2.45) is 0 Å². The standard InChI is InChI=1S/C15H11BrN4O3/c1-6-9-10(7-3-2-4-8(16)5-7)11-12(21)17-15(22)18-13(11)23-14(9)20-19-6/h2-5,10H,1H3,(H,19,20)(H2,17,18,21,22). The van der Waals surface area contributed by atoms with E-state index in [-0.39, 0.29) is 11.8 Å². The first-order chi connectivity index (χ1) is 11.0. The Kier molecular flexibility index (Phi) is 3.02. The monoisotopic (exact) mass is 374 g/mol. The predicted octanol–water partition coefficient (Wildman–Crippen LogP) is 2.14. The van der Waals surface area contributed by atoms with Crippen LogP contribution in [-0.4, -0.2) is 20.2 Å². The first-order valence-corrected chi connectivity index (χ1v) is 7.68. The van der Waals surface area contributed by atoms with Gasteiger partial charge in [0.1, 0.15) is 0 Å². The summed E-state index contributed by atoms with van der Waals surface area (Å²) in [5.41, 5.74) is 1.76. The summed E-state index contributed by atoms with van der Waals surface area (Å²) in [4.78, 5) is 28.7. The molecular weight excluding hydrogens is 364 g/mol. The second kappa shape index (κ2) is 4.95. The van der Waals surface area contributed by atoms with Crippen LogP contribution in [0.25, 0.3) is 0 Å². The summed E-state index contributed by atoms with van der Waals surface area (Å²) in [5.74, 6) is 0.106. The summed E-state index contributed by atoms with van der Waals surface area (Å²) in [6, 6.07) is 7.65. The Balaban J connectivity index is 2.07. The van der Waals surface area contributed by atoms with Crippen LogP contribution in [0.1, 0.15) is 28.3 Å². The highest BCUT2D eigenvalue weighted by Gasteiger charge is 2.35. The quantitative estimate of drug-likeness (QED) is 0.474. The van der Waals surface area contributed by atoms with E-state index in [1.165, 1.54) is 0 Å². The predicted molar refractivity (Wildman–Crippen MR) is 86.2 cm³/mol. The van der Waals surface area contributed by atoms with E-state index < -0.39 is 11.2 Å². The molecule has 0 amide bonds. The third kappa shape index (κ3) is 2.14. The fourth-order valence-electron chi connectivity index (χ4n) is 2.91. The number of rotatable bonds is 1. The minimum atomic E-state index is -0.613. The van der Waals surface area contributed by atoms with Gasteiger partial charge in [0.25, 0.3) is 5.56 Å². The molecule has 0 aliphatic carbocycles. The van der Waals surface area contributed by atoms with Crippen molar-refractivity contribution < 1.29 is 4.74 Å². The Morgan fingerprint density at radius 1 is 1.22 bits per heavy atom. The van der Waals surface area contributed by atoms with Crippen LogP contribution in [0.2, 0.25) is 0 Å². The van der Waals surface area contributed by atoms with Crippen molar-refractivity contribution in [3.63, 3.8) is 0 Å². The number of benzene rings is 1. The van der Waals surface area contributed by atoms with Gasteiger partial charge in [-0.3, -0.25) is 19.9 Å². The van der Waals surface area contributed by atoms with Crippen LogP contribution in [0.5, 0.6) is 11.8 Å². The molecule has 0 spiro atoms. The van der Waals surface area contributed by atoms with Gasteiger partial charge in [0.15, 0.2) is 0 Å². The zero-order chi connectivity index (χ0) is 16.1. The molecule has 4 rings (SSSR count). The number of nitrogens with zero attached hydrogens (tertiary/aromatic N) is 1. The minimum Gasteiger partial charge on any atom is -0.420 e. The van der Waals surface area contributed by atoms with Crippen LogP contribution < -0.4 is 16.0 Å². The lowest BCUT2D eigenvalue weighted by molar-refractivity contribution is 0.412. The molecular formula is C15H11BrN4O3. The SMILES string of the molecule is Cc1[nH]nc2c1C(c1cccc(Br)c1)c1c([nH]c(=O)[nH]c1=O)O2. The van der Waals surface area contributed by atoms with Gasteiger partial charge < -0.3 is 4.74 Å². The molecule has 3 N–H and O–H groups in total. The van der Waals surface area contributed by atoms with Gasteiger partial charge in [0.05, 0.1) is 11.5 Å². The van der Waals surface area contributed by atoms with Crippen LogP contribution >= 0.6 is 15.9 Å². The van der Waals surface area contributed by atoms with Gasteiger partial charge >= 0.3 is 5.69 Å². The number of hydrogen-bond donors (Lipinski definition) is 3. The summed E-state index contributed by atoms with van der Waals surface area (Å²) in [6.45, 7) is 1.87. The number of hydrogen-bond acceptors (Lipinski definition) is 4. The average Bonchev–Trinajstić information content (AvgIpc) is 2.86. The Hall–Kier alpha value is -2.61. The molecule has 1 atom stereocenters. The third-order valence-corrected chi connectivity index (χ3v) is 4.35. The van der Waals surface area contributed by atoms with Gasteiger partial charge in [0.2, 0.25) is 11.8 Å². The van der Waals surface area contributed by atoms with Gasteiger partial charge in [-0.15, -0.1) is 5.10 Å². The van der Waals surface area contributed by atoms with Gasteiger partial charge in [-0.2, -0.15) is 0 Å². The second-order valence-electron chi connectivity index (χ2n) is 5.31. The van der Waals surface area contributed by atoms with Crippen LogP contribution in [0.15, 0.2) is 38.3 Å². The van der Waals surface area contributed by atoms with Crippen LogP contribution in [0.4, 0.5) is 0 Å². The van der Waals surface area contributed by atoms with E-state index in [4.69, 9.17) is 4.74 Å². The molecule has 116 valence electrons. The molecule has 23 heavy (non-hydrogen) atoms. The molecule has 7 nitrogen and oxygen atoms in total. The fourth-order valence-corrected chi connectivity index (χ4v) is 3.33. The highest BCUT2D eigenvalue weighted by atomic mass is 79.9. The Labute approximate surface area is 137 Å². The number of aromatic nitrogens is 4. The summed E-state index contributed by atoms with van der Waals surface area (Å²) in [5, 5.41) is 6.99. The molecule has 0 fully saturated rings. The smallest absolute Gasteiger partial charge is 0.328 e. The number of fused-ring (bicyclic) bond motifs is 2. The van der Waals surface area contributed by atoms with Crippen molar-refractivity contribution in [1.82, 2.24) is 20.2 Å². The summed E-state index contributed by atoms with van der Waals surface area (Å²) in [7, 11) is 0. The summed E-state index contributed by atoms with van der Waals surface area (Å²) >= 11 is 3.45. The second-order valence-corrected chi connectivity index (χ2v) is 6.22. The van der Waals surface area contributed by atoms with Gasteiger partial charge in [-0.05, 0) is 24.6 Å². The van der Waals surface area contributed by atoms with E-state index in [0.717, 1.165) is 21.3 Å². The van der Waals surface area contributed by atoms with E-state index >= 15 is 0 Å². The zero-order valence-electron chi connectivity index (χ0n) is 11.9. The molecule has 0 bridgehead atoms. The Morgan fingerprint density at radius 2 is 2.04 bits per heavy atom. The summed E-state index contributed by atoms with van der Waals surface area (Å²) < 4.78 is 6.51. The molecule has 1 aliphatic heterocycles. The Morgan fingerprint density at radius 3 is 2.83 bits per heavy atom. The lowest BCUT2D eigenvalue weighted by Gasteiger charge is -2.24. The highest BCUT2D eigenvalue weighted by molar-refractivity contribution is 9.10. The van der Waals surface area contributed by atoms with Crippen molar-refractivity contribution in [2.75, 3.05) is 0 Å². The molecule has 1 aromatic carbocycles. The van der Waals surface area contributed by atoms with E-state index in [2.05, 4.69) is 36.1 Å².